The zero-order chi connectivity index (χ0) is 19.5. The first-order chi connectivity index (χ1) is 13.6. The summed E-state index contributed by atoms with van der Waals surface area (Å²) in [6, 6.07) is 15.7. The van der Waals surface area contributed by atoms with Crippen LogP contribution in [0.15, 0.2) is 53.3 Å². The van der Waals surface area contributed by atoms with E-state index >= 15 is 0 Å². The van der Waals surface area contributed by atoms with Gasteiger partial charge in [0.05, 0.1) is 11.0 Å². The highest BCUT2D eigenvalue weighted by Crippen LogP contribution is 2.24. The average molecular weight is 378 g/mol. The SMILES string of the molecule is Cc1cccc(C(=O)NCCN2CCC(n3c(=O)[nH]c4ccccc43)CC2)c1. The molecular weight excluding hydrogens is 352 g/mol. The fraction of sp³-hybridized carbons (Fsp3) is 0.364. The Labute approximate surface area is 164 Å². The molecule has 2 heterocycles. The molecule has 1 saturated heterocycles. The van der Waals surface area contributed by atoms with Gasteiger partial charge in [-0.05, 0) is 44.0 Å². The molecule has 146 valence electrons. The topological polar surface area (TPSA) is 70.1 Å². The number of carbonyl (C=O) groups excluding carboxylic acids is 1. The Kier molecular flexibility index (Phi) is 5.30. The first-order valence-corrected chi connectivity index (χ1v) is 9.88. The summed E-state index contributed by atoms with van der Waals surface area (Å²) < 4.78 is 1.91. The molecule has 0 radical (unpaired) electrons. The number of H-pyrrole nitrogens is 1. The molecule has 0 saturated carbocycles. The summed E-state index contributed by atoms with van der Waals surface area (Å²) in [5.74, 6) is -0.0241. The lowest BCUT2D eigenvalue weighted by Crippen LogP contribution is -2.41. The van der Waals surface area contributed by atoms with Crippen LogP contribution in [0, 0.1) is 6.92 Å². The number of rotatable bonds is 5. The molecule has 1 aliphatic rings. The van der Waals surface area contributed by atoms with Gasteiger partial charge in [0.25, 0.3) is 5.91 Å². The number of hydrogen-bond acceptors (Lipinski definition) is 3. The molecule has 2 aromatic carbocycles. The molecule has 2 N–H and O–H groups in total. The van der Waals surface area contributed by atoms with Crippen LogP contribution in [0.3, 0.4) is 0 Å². The second kappa shape index (κ2) is 8.02. The largest absolute Gasteiger partial charge is 0.351 e. The smallest absolute Gasteiger partial charge is 0.326 e. The van der Waals surface area contributed by atoms with E-state index in [1.54, 1.807) is 0 Å². The van der Waals surface area contributed by atoms with Gasteiger partial charge in [-0.3, -0.25) is 9.36 Å². The van der Waals surface area contributed by atoms with Crippen LogP contribution in [0.1, 0.15) is 34.8 Å². The normalized spacial score (nSPS) is 15.8. The molecule has 1 amide bonds. The molecule has 3 aromatic rings. The predicted molar refractivity (Wildman–Crippen MR) is 111 cm³/mol. The van der Waals surface area contributed by atoms with Crippen LogP contribution in [-0.4, -0.2) is 46.5 Å². The minimum atomic E-state index is -0.0241. The van der Waals surface area contributed by atoms with Gasteiger partial charge in [0, 0.05) is 37.8 Å². The highest BCUT2D eigenvalue weighted by atomic mass is 16.2. The molecule has 0 aliphatic carbocycles. The van der Waals surface area contributed by atoms with Crippen molar-refractivity contribution < 1.29 is 4.79 Å². The van der Waals surface area contributed by atoms with Crippen molar-refractivity contribution in [1.82, 2.24) is 19.8 Å². The molecule has 6 heteroatoms. The lowest BCUT2D eigenvalue weighted by atomic mass is 10.0. The number of likely N-dealkylation sites (tertiary alicyclic amines) is 1. The number of nitrogens with one attached hydrogen (secondary N) is 2. The van der Waals surface area contributed by atoms with Gasteiger partial charge in [-0.25, -0.2) is 4.79 Å². The molecular formula is C22H26N4O2. The third kappa shape index (κ3) is 3.87. The van der Waals surface area contributed by atoms with Crippen molar-refractivity contribution in [2.45, 2.75) is 25.8 Å². The fourth-order valence-electron chi connectivity index (χ4n) is 4.05. The van der Waals surface area contributed by atoms with Crippen LogP contribution in [0.5, 0.6) is 0 Å². The quantitative estimate of drug-likeness (QED) is 0.717. The van der Waals surface area contributed by atoms with E-state index in [0.717, 1.165) is 49.1 Å². The number of piperidine rings is 1. The molecule has 0 atom stereocenters. The summed E-state index contributed by atoms with van der Waals surface area (Å²) in [6.07, 6.45) is 1.88. The van der Waals surface area contributed by atoms with Gasteiger partial charge in [-0.2, -0.15) is 0 Å². The van der Waals surface area contributed by atoms with Gasteiger partial charge in [0.15, 0.2) is 0 Å². The Hall–Kier alpha value is -2.86. The van der Waals surface area contributed by atoms with Gasteiger partial charge in [0.1, 0.15) is 0 Å². The first kappa shape index (κ1) is 18.5. The highest BCUT2D eigenvalue weighted by Gasteiger charge is 2.23. The second-order valence-electron chi connectivity index (χ2n) is 7.52. The third-order valence-corrected chi connectivity index (χ3v) is 5.54. The molecule has 1 fully saturated rings. The molecule has 0 unspecified atom stereocenters. The maximum atomic E-state index is 12.4. The summed E-state index contributed by atoms with van der Waals surface area (Å²) in [4.78, 5) is 29.9. The standard InChI is InChI=1S/C22H26N4O2/c1-16-5-4-6-17(15-16)21(27)23-11-14-25-12-9-18(10-13-25)26-20-8-3-2-7-19(20)24-22(26)28/h2-8,15,18H,9-14H2,1H3,(H,23,27)(H,24,28). The zero-order valence-electron chi connectivity index (χ0n) is 16.1. The Morgan fingerprint density at radius 1 is 1.14 bits per heavy atom. The number of aryl methyl sites for hydroxylation is 1. The van der Waals surface area contributed by atoms with Gasteiger partial charge in [0.2, 0.25) is 0 Å². The van der Waals surface area contributed by atoms with Crippen LogP contribution >= 0.6 is 0 Å². The van der Waals surface area contributed by atoms with Gasteiger partial charge in [-0.15, -0.1) is 0 Å². The summed E-state index contributed by atoms with van der Waals surface area (Å²) in [5, 5.41) is 3.00. The number of para-hydroxylation sites is 2. The van der Waals surface area contributed by atoms with Crippen molar-refractivity contribution in [3.8, 4) is 0 Å². The second-order valence-corrected chi connectivity index (χ2v) is 7.52. The monoisotopic (exact) mass is 378 g/mol. The lowest BCUT2D eigenvalue weighted by molar-refractivity contribution is 0.0944. The van der Waals surface area contributed by atoms with Crippen LogP contribution in [0.2, 0.25) is 0 Å². The van der Waals surface area contributed by atoms with Crippen molar-refractivity contribution in [3.05, 3.63) is 70.1 Å². The van der Waals surface area contributed by atoms with E-state index in [1.165, 1.54) is 0 Å². The lowest BCUT2D eigenvalue weighted by Gasteiger charge is -2.32. The van der Waals surface area contributed by atoms with Crippen molar-refractivity contribution in [1.29, 1.82) is 0 Å². The Balaban J connectivity index is 1.29. The molecule has 1 aliphatic heterocycles. The molecule has 1 aromatic heterocycles. The van der Waals surface area contributed by atoms with Crippen LogP contribution in [0.4, 0.5) is 0 Å². The number of aromatic amines is 1. The van der Waals surface area contributed by atoms with Crippen molar-refractivity contribution in [2.75, 3.05) is 26.2 Å². The number of fused-ring (bicyclic) bond motifs is 1. The van der Waals surface area contributed by atoms with Crippen LogP contribution in [0.25, 0.3) is 11.0 Å². The molecule has 28 heavy (non-hydrogen) atoms. The summed E-state index contributed by atoms with van der Waals surface area (Å²) >= 11 is 0. The van der Waals surface area contributed by atoms with E-state index in [9.17, 15) is 9.59 Å². The fourth-order valence-corrected chi connectivity index (χ4v) is 4.05. The Morgan fingerprint density at radius 2 is 1.93 bits per heavy atom. The number of carbonyl (C=O) groups is 1. The summed E-state index contributed by atoms with van der Waals surface area (Å²) in [5.41, 5.74) is 3.65. The van der Waals surface area contributed by atoms with Crippen LogP contribution < -0.4 is 11.0 Å². The summed E-state index contributed by atoms with van der Waals surface area (Å²) in [6.45, 7) is 5.30. The minimum Gasteiger partial charge on any atom is -0.351 e. The van der Waals surface area contributed by atoms with E-state index in [4.69, 9.17) is 0 Å². The number of hydrogen-bond donors (Lipinski definition) is 2. The molecule has 0 spiro atoms. The maximum Gasteiger partial charge on any atom is 0.326 e. The summed E-state index contributed by atoms with van der Waals surface area (Å²) in [7, 11) is 0. The van der Waals surface area contributed by atoms with E-state index in [-0.39, 0.29) is 17.6 Å². The first-order valence-electron chi connectivity index (χ1n) is 9.88. The predicted octanol–water partition coefficient (Wildman–Crippen LogP) is 2.70. The zero-order valence-corrected chi connectivity index (χ0v) is 16.1. The van der Waals surface area contributed by atoms with Crippen molar-refractivity contribution in [3.63, 3.8) is 0 Å². The van der Waals surface area contributed by atoms with Gasteiger partial charge in [-0.1, -0.05) is 29.8 Å². The number of benzene rings is 2. The number of nitrogens with zero attached hydrogens (tertiary/aromatic N) is 2. The van der Waals surface area contributed by atoms with Crippen molar-refractivity contribution in [2.24, 2.45) is 0 Å². The van der Waals surface area contributed by atoms with Crippen molar-refractivity contribution >= 4 is 16.9 Å². The third-order valence-electron chi connectivity index (χ3n) is 5.54. The Morgan fingerprint density at radius 3 is 2.71 bits per heavy atom. The van der Waals surface area contributed by atoms with E-state index in [2.05, 4.69) is 15.2 Å². The number of amides is 1. The molecule has 4 rings (SSSR count). The van der Waals surface area contributed by atoms with Gasteiger partial charge < -0.3 is 15.2 Å². The number of aromatic nitrogens is 2. The maximum absolute atomic E-state index is 12.4. The minimum absolute atomic E-state index is 0.0231. The number of imidazole rings is 1. The van der Waals surface area contributed by atoms with E-state index < -0.39 is 0 Å². The van der Waals surface area contributed by atoms with E-state index in [0.29, 0.717) is 12.1 Å². The van der Waals surface area contributed by atoms with E-state index in [1.807, 2.05) is 60.0 Å². The van der Waals surface area contributed by atoms with Crippen LogP contribution in [-0.2, 0) is 0 Å². The Bertz CT molecular complexity index is 1030. The molecule has 0 bridgehead atoms. The highest BCUT2D eigenvalue weighted by molar-refractivity contribution is 5.94. The average Bonchev–Trinajstić information content (AvgIpc) is 3.04. The van der Waals surface area contributed by atoms with Gasteiger partial charge >= 0.3 is 5.69 Å². The molecule has 6 nitrogen and oxygen atoms in total.